The number of aryl methyl sites for hydroxylation is 1. The van der Waals surface area contributed by atoms with Crippen LogP contribution in [0.1, 0.15) is 17.5 Å². The Hall–Kier alpha value is -2.80. The van der Waals surface area contributed by atoms with Crippen molar-refractivity contribution in [1.29, 1.82) is 0 Å². The average molecular weight is 309 g/mol. The van der Waals surface area contributed by atoms with Crippen molar-refractivity contribution in [2.24, 2.45) is 0 Å². The molecule has 0 saturated heterocycles. The van der Waals surface area contributed by atoms with Gasteiger partial charge in [-0.25, -0.2) is 0 Å². The molecule has 116 valence electrons. The molecule has 1 aliphatic carbocycles. The summed E-state index contributed by atoms with van der Waals surface area (Å²) in [5.74, 6) is 0. The molecule has 24 heavy (non-hydrogen) atoms. The van der Waals surface area contributed by atoms with E-state index in [-0.39, 0.29) is 0 Å². The van der Waals surface area contributed by atoms with Crippen LogP contribution in [0.4, 0.5) is 11.4 Å². The van der Waals surface area contributed by atoms with Gasteiger partial charge < -0.3 is 4.90 Å². The highest BCUT2D eigenvalue weighted by Gasteiger charge is 2.35. The molecule has 1 atom stereocenters. The van der Waals surface area contributed by atoms with E-state index >= 15 is 0 Å². The molecule has 0 spiro atoms. The summed E-state index contributed by atoms with van der Waals surface area (Å²) < 4.78 is 0. The molecule has 0 bridgehead atoms. The molecule has 1 heterocycles. The molecule has 0 aromatic heterocycles. The predicted octanol–water partition coefficient (Wildman–Crippen LogP) is 3.90. The summed E-state index contributed by atoms with van der Waals surface area (Å²) in [6.45, 7) is 2.18. The highest BCUT2D eigenvalue weighted by molar-refractivity contribution is 5.93. The van der Waals surface area contributed by atoms with Crippen LogP contribution in [0.2, 0.25) is 0 Å². The minimum absolute atomic E-state index is 0.388. The third kappa shape index (κ3) is 1.88. The fourth-order valence-corrected chi connectivity index (χ4v) is 4.17. The van der Waals surface area contributed by atoms with Crippen molar-refractivity contribution in [2.45, 2.75) is 19.4 Å². The Morgan fingerprint density at radius 3 is 2.54 bits per heavy atom. The summed E-state index contributed by atoms with van der Waals surface area (Å²) in [5.41, 5.74) is 6.80. The summed E-state index contributed by atoms with van der Waals surface area (Å²) in [5, 5.41) is 2.75. The fraction of sp³-hybridized carbons (Fsp3) is 0.130. The lowest BCUT2D eigenvalue weighted by Crippen LogP contribution is -2.38. The van der Waals surface area contributed by atoms with Gasteiger partial charge in [-0.05, 0) is 53.6 Å². The minimum atomic E-state index is 0.388. The van der Waals surface area contributed by atoms with Crippen molar-refractivity contribution in [2.75, 3.05) is 4.90 Å². The van der Waals surface area contributed by atoms with Crippen LogP contribution in [0.25, 0.3) is 11.6 Å². The molecular formula is C23H19N. The van der Waals surface area contributed by atoms with Gasteiger partial charge in [-0.2, -0.15) is 0 Å². The van der Waals surface area contributed by atoms with Crippen molar-refractivity contribution in [1.82, 2.24) is 0 Å². The smallest absolute Gasteiger partial charge is 0.0639 e. The largest absolute Gasteiger partial charge is 0.333 e. The second-order valence-electron chi connectivity index (χ2n) is 6.68. The second-order valence-corrected chi connectivity index (χ2v) is 6.68. The van der Waals surface area contributed by atoms with Gasteiger partial charge in [-0.1, -0.05) is 60.2 Å². The van der Waals surface area contributed by atoms with Gasteiger partial charge in [0.15, 0.2) is 0 Å². The Morgan fingerprint density at radius 1 is 0.875 bits per heavy atom. The van der Waals surface area contributed by atoms with Gasteiger partial charge in [0.2, 0.25) is 0 Å². The molecule has 5 rings (SSSR count). The Morgan fingerprint density at radius 2 is 1.67 bits per heavy atom. The summed E-state index contributed by atoms with van der Waals surface area (Å²) in [6, 6.07) is 26.8. The van der Waals surface area contributed by atoms with Crippen molar-refractivity contribution in [3.63, 3.8) is 0 Å². The first-order valence-electron chi connectivity index (χ1n) is 8.58. The highest BCUT2D eigenvalue weighted by atomic mass is 15.2. The van der Waals surface area contributed by atoms with Crippen LogP contribution >= 0.6 is 0 Å². The van der Waals surface area contributed by atoms with Crippen molar-refractivity contribution >= 4 is 23.0 Å². The molecule has 1 nitrogen and oxygen atoms in total. The van der Waals surface area contributed by atoms with E-state index in [1.807, 2.05) is 0 Å². The van der Waals surface area contributed by atoms with E-state index in [0.29, 0.717) is 6.04 Å². The maximum atomic E-state index is 2.51. The molecule has 0 saturated carbocycles. The van der Waals surface area contributed by atoms with Gasteiger partial charge >= 0.3 is 0 Å². The van der Waals surface area contributed by atoms with Crippen LogP contribution in [0, 0.1) is 6.92 Å². The van der Waals surface area contributed by atoms with Crippen LogP contribution < -0.4 is 15.3 Å². The molecule has 1 unspecified atom stereocenters. The monoisotopic (exact) mass is 309 g/mol. The topological polar surface area (TPSA) is 3.24 Å². The zero-order valence-corrected chi connectivity index (χ0v) is 13.7. The number of anilines is 2. The van der Waals surface area contributed by atoms with Gasteiger partial charge in [0, 0.05) is 16.9 Å². The van der Waals surface area contributed by atoms with Gasteiger partial charge in [-0.15, -0.1) is 0 Å². The first-order chi connectivity index (χ1) is 11.8. The number of hydrogen-bond donors (Lipinski definition) is 0. The van der Waals surface area contributed by atoms with E-state index in [2.05, 4.69) is 90.7 Å². The van der Waals surface area contributed by atoms with Gasteiger partial charge in [0.05, 0.1) is 6.04 Å². The van der Waals surface area contributed by atoms with Gasteiger partial charge in [0.1, 0.15) is 0 Å². The molecule has 3 aromatic carbocycles. The zero-order valence-electron chi connectivity index (χ0n) is 13.7. The summed E-state index contributed by atoms with van der Waals surface area (Å²) in [6.07, 6.45) is 3.44. The molecule has 2 aliphatic rings. The fourth-order valence-electron chi connectivity index (χ4n) is 4.17. The van der Waals surface area contributed by atoms with E-state index < -0.39 is 0 Å². The Labute approximate surface area is 142 Å². The number of rotatable bonds is 1. The lowest BCUT2D eigenvalue weighted by atomic mass is 9.91. The Kier molecular flexibility index (Phi) is 2.90. The zero-order chi connectivity index (χ0) is 16.1. The SMILES string of the molecule is Cc1ccc2c(c1)C1=c3ccccc3=CCC1N2c1ccccc1. The van der Waals surface area contributed by atoms with E-state index in [4.69, 9.17) is 0 Å². The summed E-state index contributed by atoms with van der Waals surface area (Å²) in [7, 11) is 0. The molecule has 1 heteroatoms. The van der Waals surface area contributed by atoms with E-state index in [0.717, 1.165) is 6.42 Å². The lowest BCUT2D eigenvalue weighted by molar-refractivity contribution is 0.845. The third-order valence-electron chi connectivity index (χ3n) is 5.19. The van der Waals surface area contributed by atoms with E-state index in [9.17, 15) is 0 Å². The Balaban J connectivity index is 1.86. The minimum Gasteiger partial charge on any atom is -0.333 e. The van der Waals surface area contributed by atoms with Gasteiger partial charge in [0.25, 0.3) is 0 Å². The number of para-hydroxylation sites is 1. The molecule has 0 radical (unpaired) electrons. The number of hydrogen-bond acceptors (Lipinski definition) is 1. The molecule has 0 fully saturated rings. The van der Waals surface area contributed by atoms with Crippen molar-refractivity contribution in [3.8, 4) is 0 Å². The molecule has 1 aliphatic heterocycles. The van der Waals surface area contributed by atoms with E-state index in [1.54, 1.807) is 0 Å². The van der Waals surface area contributed by atoms with Crippen LogP contribution in [0.3, 0.4) is 0 Å². The van der Waals surface area contributed by atoms with Crippen LogP contribution in [0.15, 0.2) is 72.8 Å². The van der Waals surface area contributed by atoms with Crippen LogP contribution in [-0.2, 0) is 0 Å². The number of fused-ring (bicyclic) bond motifs is 4. The first-order valence-corrected chi connectivity index (χ1v) is 8.58. The van der Waals surface area contributed by atoms with Gasteiger partial charge in [-0.3, -0.25) is 0 Å². The van der Waals surface area contributed by atoms with Crippen molar-refractivity contribution < 1.29 is 0 Å². The number of nitrogens with zero attached hydrogens (tertiary/aromatic N) is 1. The van der Waals surface area contributed by atoms with Crippen molar-refractivity contribution in [3.05, 3.63) is 94.4 Å². The quantitative estimate of drug-likeness (QED) is 0.659. The number of benzene rings is 3. The van der Waals surface area contributed by atoms with Crippen LogP contribution in [0.5, 0.6) is 0 Å². The predicted molar refractivity (Wildman–Crippen MR) is 101 cm³/mol. The summed E-state index contributed by atoms with van der Waals surface area (Å²) in [4.78, 5) is 2.51. The second kappa shape index (κ2) is 5.10. The standard InChI is InChI=1S/C23H19N/c1-16-11-13-21-20(15-16)23-19-10-6-5-7-17(19)12-14-22(23)24(21)18-8-3-2-4-9-18/h2-13,15,22H,14H2,1H3. The summed E-state index contributed by atoms with van der Waals surface area (Å²) >= 11 is 0. The molecule has 3 aromatic rings. The maximum Gasteiger partial charge on any atom is 0.0639 e. The lowest BCUT2D eigenvalue weighted by Gasteiger charge is -2.28. The first kappa shape index (κ1) is 13.6. The molecule has 0 N–H and O–H groups in total. The van der Waals surface area contributed by atoms with Crippen LogP contribution in [-0.4, -0.2) is 6.04 Å². The van der Waals surface area contributed by atoms with E-state index in [1.165, 1.54) is 38.5 Å². The Bertz CT molecular complexity index is 1050. The maximum absolute atomic E-state index is 2.51. The normalized spacial score (nSPS) is 17.8. The highest BCUT2D eigenvalue weighted by Crippen LogP contribution is 2.45. The molecule has 0 amide bonds. The average Bonchev–Trinajstić information content (AvgIpc) is 2.96. The molecular weight excluding hydrogens is 290 g/mol. The third-order valence-corrected chi connectivity index (χ3v) is 5.19.